The topological polar surface area (TPSA) is 50.9 Å². The number of pyridine rings is 1. The number of phenols is 1. The molecule has 0 atom stereocenters. The molecule has 0 aliphatic carbocycles. The summed E-state index contributed by atoms with van der Waals surface area (Å²) in [6, 6.07) is 65.5. The maximum absolute atomic E-state index is 11.5. The molecule has 0 aliphatic rings. The Balaban J connectivity index is 1.16. The number of aromatic nitrogens is 3. The van der Waals surface area contributed by atoms with E-state index >= 15 is 0 Å². The van der Waals surface area contributed by atoms with Gasteiger partial charge in [-0.05, 0) is 145 Å². The van der Waals surface area contributed by atoms with E-state index in [0.29, 0.717) is 28.1 Å². The molecule has 0 saturated heterocycles. The van der Waals surface area contributed by atoms with E-state index in [1.807, 2.05) is 83.6 Å². The lowest BCUT2D eigenvalue weighted by atomic mass is 9.79. The number of hydrogen-bond acceptors (Lipinski definition) is 3. The normalized spacial score (nSPS) is 12.7. The van der Waals surface area contributed by atoms with Gasteiger partial charge in [0.1, 0.15) is 11.6 Å². The second kappa shape index (κ2) is 17.2. The minimum atomic E-state index is -2.51. The van der Waals surface area contributed by atoms with Gasteiger partial charge in [-0.1, -0.05) is 175 Å². The number of hydrogen-bond donors (Lipinski definition) is 1. The van der Waals surface area contributed by atoms with Crippen molar-refractivity contribution in [3.63, 3.8) is 0 Å². The summed E-state index contributed by atoms with van der Waals surface area (Å²) >= 11 is 0. The Bertz CT molecular complexity index is 3510. The molecule has 2 aromatic heterocycles. The van der Waals surface area contributed by atoms with E-state index in [9.17, 15) is 5.11 Å². The maximum atomic E-state index is 11.5. The highest BCUT2D eigenvalue weighted by Gasteiger charge is 2.24. The Kier molecular flexibility index (Phi) is 10.1. The Labute approximate surface area is 399 Å². The predicted molar refractivity (Wildman–Crippen MR) is 281 cm³/mol. The third kappa shape index (κ3) is 8.59. The van der Waals surface area contributed by atoms with Crippen LogP contribution < -0.4 is 0 Å². The largest absolute Gasteiger partial charge is 0.507 e. The molecule has 4 heteroatoms. The second-order valence-electron chi connectivity index (χ2n) is 19.5. The number of para-hydroxylation sites is 2. The van der Waals surface area contributed by atoms with Crippen molar-refractivity contribution in [2.75, 3.05) is 0 Å². The molecule has 0 aliphatic heterocycles. The molecule has 67 heavy (non-hydrogen) atoms. The Morgan fingerprint density at radius 2 is 0.985 bits per heavy atom. The first kappa shape index (κ1) is 39.5. The van der Waals surface area contributed by atoms with E-state index in [-0.39, 0.29) is 22.1 Å². The molecule has 10 rings (SSSR count). The smallest absolute Gasteiger partial charge is 0.149 e. The van der Waals surface area contributed by atoms with Gasteiger partial charge in [-0.2, -0.15) is 0 Å². The van der Waals surface area contributed by atoms with Gasteiger partial charge in [-0.3, -0.25) is 9.55 Å². The van der Waals surface area contributed by atoms with Gasteiger partial charge < -0.3 is 5.11 Å². The number of aryl methyl sites for hydroxylation is 1. The van der Waals surface area contributed by atoms with Crippen LogP contribution in [-0.4, -0.2) is 19.6 Å². The molecule has 4 nitrogen and oxygen atoms in total. The average Bonchev–Trinajstić information content (AvgIpc) is 3.75. The third-order valence-corrected chi connectivity index (χ3v) is 12.8. The van der Waals surface area contributed by atoms with Gasteiger partial charge in [-0.15, -0.1) is 0 Å². The highest BCUT2D eigenvalue weighted by atomic mass is 16.3. The van der Waals surface area contributed by atoms with E-state index in [2.05, 4.69) is 151 Å². The van der Waals surface area contributed by atoms with Crippen molar-refractivity contribution in [3.8, 4) is 89.7 Å². The van der Waals surface area contributed by atoms with Gasteiger partial charge in [-0.25, -0.2) is 4.98 Å². The molecular formula is C63H55N3O. The number of rotatable bonds is 8. The van der Waals surface area contributed by atoms with Gasteiger partial charge in [0.05, 0.1) is 28.0 Å². The Morgan fingerprint density at radius 1 is 0.448 bits per heavy atom. The average molecular weight is 873 g/mol. The Hall–Kier alpha value is -7.82. The monoisotopic (exact) mass is 872 g/mol. The van der Waals surface area contributed by atoms with E-state index in [0.717, 1.165) is 61.3 Å². The van der Waals surface area contributed by atoms with Crippen molar-refractivity contribution in [2.45, 2.75) is 59.2 Å². The molecule has 328 valence electrons. The van der Waals surface area contributed by atoms with E-state index in [1.54, 1.807) is 12.1 Å². The summed E-state index contributed by atoms with van der Waals surface area (Å²) in [5, 5.41) is 11.5. The van der Waals surface area contributed by atoms with Crippen LogP contribution in [0.2, 0.25) is 0 Å². The van der Waals surface area contributed by atoms with Crippen LogP contribution in [0.1, 0.15) is 62.3 Å². The van der Waals surface area contributed by atoms with Crippen molar-refractivity contribution in [1.29, 1.82) is 0 Å². The van der Waals surface area contributed by atoms with Crippen LogP contribution in [0.25, 0.3) is 95.0 Å². The van der Waals surface area contributed by atoms with Crippen LogP contribution in [0.15, 0.2) is 200 Å². The summed E-state index contributed by atoms with van der Waals surface area (Å²) < 4.78 is 29.0. The quantitative estimate of drug-likeness (QED) is 0.165. The summed E-state index contributed by atoms with van der Waals surface area (Å²) in [4.78, 5) is 10.3. The molecule has 0 saturated carbocycles. The SMILES string of the molecule is [2H]C([2H])([2H])c1cc(-c2cc(C(C)(C)C)cc(C(C)(C)C)c2)ccc1-n1c(-c2ccccc2O)nc2c(-c3cc(-c4ccccc4)cc(-c4cc(-c5ccc(-c6ccccc6)cc5)ccn4)c3)cccc21. The minimum Gasteiger partial charge on any atom is -0.507 e. The van der Waals surface area contributed by atoms with Crippen LogP contribution in [0.5, 0.6) is 5.75 Å². The number of benzene rings is 8. The molecule has 0 amide bonds. The lowest BCUT2D eigenvalue weighted by Crippen LogP contribution is -2.16. The highest BCUT2D eigenvalue weighted by Crippen LogP contribution is 2.42. The van der Waals surface area contributed by atoms with Crippen molar-refractivity contribution in [3.05, 3.63) is 217 Å². The summed E-state index contributed by atoms with van der Waals surface area (Å²) in [5.41, 5.74) is 16.4. The van der Waals surface area contributed by atoms with E-state index < -0.39 is 6.85 Å². The first-order valence-electron chi connectivity index (χ1n) is 24.4. The highest BCUT2D eigenvalue weighted by molar-refractivity contribution is 5.98. The number of nitrogens with zero attached hydrogens (tertiary/aromatic N) is 3. The lowest BCUT2D eigenvalue weighted by Gasteiger charge is -2.26. The molecule has 0 fully saturated rings. The minimum absolute atomic E-state index is 0.0374. The Morgan fingerprint density at radius 3 is 1.64 bits per heavy atom. The zero-order chi connectivity index (χ0) is 49.0. The van der Waals surface area contributed by atoms with Gasteiger partial charge in [0.15, 0.2) is 0 Å². The fourth-order valence-electron chi connectivity index (χ4n) is 8.97. The molecule has 2 heterocycles. The van der Waals surface area contributed by atoms with Gasteiger partial charge in [0.25, 0.3) is 0 Å². The van der Waals surface area contributed by atoms with Crippen LogP contribution in [0.4, 0.5) is 0 Å². The maximum Gasteiger partial charge on any atom is 0.149 e. The summed E-state index contributed by atoms with van der Waals surface area (Å²) in [7, 11) is 0. The fourth-order valence-corrected chi connectivity index (χ4v) is 8.97. The second-order valence-corrected chi connectivity index (χ2v) is 19.5. The van der Waals surface area contributed by atoms with Crippen molar-refractivity contribution in [2.24, 2.45) is 0 Å². The predicted octanol–water partition coefficient (Wildman–Crippen LogP) is 16.7. The van der Waals surface area contributed by atoms with E-state index in [1.165, 1.54) is 16.7 Å². The summed E-state index contributed by atoms with van der Waals surface area (Å²) in [5.74, 6) is 0.464. The number of aromatic hydroxyl groups is 1. The molecule has 0 radical (unpaired) electrons. The summed E-state index contributed by atoms with van der Waals surface area (Å²) in [6.07, 6.45) is 1.87. The zero-order valence-electron chi connectivity index (χ0n) is 41.8. The first-order valence-corrected chi connectivity index (χ1v) is 22.9. The molecule has 0 unspecified atom stereocenters. The van der Waals surface area contributed by atoms with Crippen molar-refractivity contribution < 1.29 is 9.22 Å². The number of phenolic OH excluding ortho intramolecular Hbond substituents is 1. The zero-order valence-corrected chi connectivity index (χ0v) is 38.8. The van der Waals surface area contributed by atoms with Crippen LogP contribution in [-0.2, 0) is 10.8 Å². The first-order chi connectivity index (χ1) is 33.5. The van der Waals surface area contributed by atoms with Crippen LogP contribution in [0, 0.1) is 6.85 Å². The third-order valence-electron chi connectivity index (χ3n) is 12.8. The molecule has 1 N–H and O–H groups in total. The van der Waals surface area contributed by atoms with Gasteiger partial charge >= 0.3 is 0 Å². The molecule has 0 bridgehead atoms. The van der Waals surface area contributed by atoms with Gasteiger partial charge in [0.2, 0.25) is 0 Å². The lowest BCUT2D eigenvalue weighted by molar-refractivity contribution is 0.477. The van der Waals surface area contributed by atoms with Crippen LogP contribution in [0.3, 0.4) is 0 Å². The van der Waals surface area contributed by atoms with Gasteiger partial charge in [0, 0.05) is 21.4 Å². The van der Waals surface area contributed by atoms with E-state index in [4.69, 9.17) is 14.1 Å². The van der Waals surface area contributed by atoms with Crippen LogP contribution >= 0.6 is 0 Å². The van der Waals surface area contributed by atoms with Crippen molar-refractivity contribution >= 4 is 11.0 Å². The van der Waals surface area contributed by atoms with Crippen molar-refractivity contribution in [1.82, 2.24) is 14.5 Å². The summed E-state index contributed by atoms with van der Waals surface area (Å²) in [6.45, 7) is 10.7. The molecule has 8 aromatic carbocycles. The standard InChI is InChI=1S/C63H55N3O/c1-41-33-46(49-37-52(62(2,3)4)40-53(38-49)63(5,6)7)29-30-57(41)66-58-23-16-22-54(60(58)65-61(66)55-21-14-15-24-59(55)67)50-34-48(43-19-12-9-13-20-43)35-51(36-50)56-39-47(31-32-64-56)45-27-25-44(26-28-45)42-17-10-8-11-18-42/h8-40,67H,1-7H3/i1D3. The number of fused-ring (bicyclic) bond motifs is 1. The molecular weight excluding hydrogens is 815 g/mol. The number of imidazole rings is 1. The molecule has 10 aromatic rings. The molecule has 0 spiro atoms. The fraction of sp³-hybridized carbons (Fsp3) is 0.143.